The predicted molar refractivity (Wildman–Crippen MR) is 81.2 cm³/mol. The van der Waals surface area contributed by atoms with E-state index in [1.165, 1.54) is 11.3 Å². The lowest BCUT2D eigenvalue weighted by Crippen LogP contribution is -2.52. The fourth-order valence-corrected chi connectivity index (χ4v) is 3.07. The van der Waals surface area contributed by atoms with E-state index < -0.39 is 0 Å². The predicted octanol–water partition coefficient (Wildman–Crippen LogP) is 2.97. The number of methoxy groups -OCH3 is 1. The number of anilines is 1. The molecule has 0 saturated carbocycles. The Hall–Kier alpha value is -1.22. The number of aryl methyl sites for hydroxylation is 1. The highest BCUT2D eigenvalue weighted by atomic mass is 16.5. The van der Waals surface area contributed by atoms with Crippen molar-refractivity contribution in [3.63, 3.8) is 0 Å². The fraction of sp³-hybridized carbons (Fsp3) is 0.625. The molecule has 106 valence electrons. The molecule has 0 radical (unpaired) electrons. The summed E-state index contributed by atoms with van der Waals surface area (Å²) in [5.41, 5.74) is 2.57. The first-order chi connectivity index (χ1) is 8.95. The minimum absolute atomic E-state index is 0.0803. The van der Waals surface area contributed by atoms with E-state index in [9.17, 15) is 0 Å². The molecule has 1 heterocycles. The van der Waals surface area contributed by atoms with Crippen LogP contribution in [0.25, 0.3) is 0 Å². The Kier molecular flexibility index (Phi) is 4.04. The van der Waals surface area contributed by atoms with Gasteiger partial charge in [0.05, 0.1) is 12.8 Å². The molecule has 1 aliphatic rings. The first kappa shape index (κ1) is 14.2. The smallest absolute Gasteiger partial charge is 0.142 e. The molecule has 1 N–H and O–H groups in total. The summed E-state index contributed by atoms with van der Waals surface area (Å²) in [6.07, 6.45) is 1.15. The Bertz CT molecular complexity index is 442. The van der Waals surface area contributed by atoms with Crippen LogP contribution in [0.2, 0.25) is 0 Å². The third kappa shape index (κ3) is 2.86. The van der Waals surface area contributed by atoms with E-state index in [2.05, 4.69) is 56.1 Å². The van der Waals surface area contributed by atoms with Crippen molar-refractivity contribution >= 4 is 5.69 Å². The molecule has 1 aliphatic heterocycles. The molecule has 0 amide bonds. The molecule has 1 saturated heterocycles. The number of nitrogens with zero attached hydrogens (tertiary/aromatic N) is 1. The number of nitrogens with one attached hydrogen (secondary N) is 1. The average Bonchev–Trinajstić information content (AvgIpc) is 2.47. The van der Waals surface area contributed by atoms with Crippen LogP contribution in [0.15, 0.2) is 18.2 Å². The quantitative estimate of drug-likeness (QED) is 0.887. The molecule has 1 fully saturated rings. The molecule has 0 aromatic heterocycles. The highest BCUT2D eigenvalue weighted by Gasteiger charge is 2.34. The summed E-state index contributed by atoms with van der Waals surface area (Å²) in [6.45, 7) is 11.1. The highest BCUT2D eigenvalue weighted by molar-refractivity contribution is 5.62. The zero-order valence-electron chi connectivity index (χ0n) is 12.8. The summed E-state index contributed by atoms with van der Waals surface area (Å²) >= 11 is 0. The van der Waals surface area contributed by atoms with Gasteiger partial charge in [0.15, 0.2) is 0 Å². The van der Waals surface area contributed by atoms with Crippen LogP contribution in [-0.2, 0) is 0 Å². The van der Waals surface area contributed by atoms with Crippen LogP contribution in [0, 0.1) is 6.92 Å². The van der Waals surface area contributed by atoms with E-state index >= 15 is 0 Å². The van der Waals surface area contributed by atoms with Gasteiger partial charge in [0.1, 0.15) is 5.75 Å². The maximum atomic E-state index is 5.57. The van der Waals surface area contributed by atoms with Gasteiger partial charge in [-0.25, -0.2) is 0 Å². The van der Waals surface area contributed by atoms with E-state index in [0.717, 1.165) is 25.3 Å². The fourth-order valence-electron chi connectivity index (χ4n) is 3.07. The van der Waals surface area contributed by atoms with Crippen molar-refractivity contribution in [2.75, 3.05) is 25.1 Å². The van der Waals surface area contributed by atoms with Crippen LogP contribution in [0.3, 0.4) is 0 Å². The van der Waals surface area contributed by atoms with Crippen molar-refractivity contribution in [3.8, 4) is 5.75 Å². The van der Waals surface area contributed by atoms with Crippen LogP contribution in [-0.4, -0.2) is 31.8 Å². The second kappa shape index (κ2) is 5.41. The second-order valence-electron chi connectivity index (χ2n) is 6.17. The first-order valence-electron chi connectivity index (χ1n) is 7.10. The Morgan fingerprint density at radius 3 is 2.79 bits per heavy atom. The zero-order valence-corrected chi connectivity index (χ0v) is 12.8. The van der Waals surface area contributed by atoms with Gasteiger partial charge >= 0.3 is 0 Å². The van der Waals surface area contributed by atoms with Gasteiger partial charge in [-0.3, -0.25) is 0 Å². The van der Waals surface area contributed by atoms with Crippen LogP contribution >= 0.6 is 0 Å². The summed E-state index contributed by atoms with van der Waals surface area (Å²) in [5.74, 6) is 0.965. The molecule has 19 heavy (non-hydrogen) atoms. The lowest BCUT2D eigenvalue weighted by molar-refractivity contribution is 0.394. The van der Waals surface area contributed by atoms with E-state index in [4.69, 9.17) is 4.74 Å². The Balaban J connectivity index is 2.49. The SMILES string of the molecule is COc1ccc(C)cc1N1C(C)CCNCC1(C)C. The highest BCUT2D eigenvalue weighted by Crippen LogP contribution is 2.36. The molecule has 2 rings (SSSR count). The van der Waals surface area contributed by atoms with Crippen molar-refractivity contribution in [2.45, 2.75) is 45.7 Å². The standard InChI is InChI=1S/C16H26N2O/c1-12-6-7-15(19-5)14(10-12)18-13(2)8-9-17-11-16(18,3)4/h6-7,10,13,17H,8-9,11H2,1-5H3. The minimum atomic E-state index is 0.0803. The molecule has 0 bridgehead atoms. The monoisotopic (exact) mass is 262 g/mol. The summed E-state index contributed by atoms with van der Waals surface area (Å²) in [6, 6.07) is 6.92. The molecule has 1 unspecified atom stereocenters. The minimum Gasteiger partial charge on any atom is -0.495 e. The Labute approximate surface area is 116 Å². The molecule has 0 spiro atoms. The van der Waals surface area contributed by atoms with Crippen molar-refractivity contribution in [1.29, 1.82) is 0 Å². The molecule has 1 atom stereocenters. The lowest BCUT2D eigenvalue weighted by atomic mass is 9.98. The number of benzene rings is 1. The van der Waals surface area contributed by atoms with Gasteiger partial charge in [0, 0.05) is 18.1 Å². The van der Waals surface area contributed by atoms with Crippen LogP contribution in [0.4, 0.5) is 5.69 Å². The molecule has 1 aromatic carbocycles. The molecule has 3 heteroatoms. The Morgan fingerprint density at radius 1 is 1.37 bits per heavy atom. The third-order valence-corrected chi connectivity index (χ3v) is 3.98. The second-order valence-corrected chi connectivity index (χ2v) is 6.17. The lowest BCUT2D eigenvalue weighted by Gasteiger charge is -2.43. The molecule has 3 nitrogen and oxygen atoms in total. The van der Waals surface area contributed by atoms with E-state index in [1.807, 2.05) is 0 Å². The maximum Gasteiger partial charge on any atom is 0.142 e. The van der Waals surface area contributed by atoms with Gasteiger partial charge in [0.25, 0.3) is 0 Å². The van der Waals surface area contributed by atoms with Crippen molar-refractivity contribution in [3.05, 3.63) is 23.8 Å². The van der Waals surface area contributed by atoms with Crippen LogP contribution < -0.4 is 15.0 Å². The van der Waals surface area contributed by atoms with E-state index in [0.29, 0.717) is 6.04 Å². The largest absolute Gasteiger partial charge is 0.495 e. The number of hydrogen-bond donors (Lipinski definition) is 1. The van der Waals surface area contributed by atoms with Gasteiger partial charge in [-0.15, -0.1) is 0 Å². The van der Waals surface area contributed by atoms with Gasteiger partial charge < -0.3 is 15.0 Å². The average molecular weight is 262 g/mol. The van der Waals surface area contributed by atoms with E-state index in [1.54, 1.807) is 7.11 Å². The zero-order chi connectivity index (χ0) is 14.0. The third-order valence-electron chi connectivity index (χ3n) is 3.98. The topological polar surface area (TPSA) is 24.5 Å². The molecular weight excluding hydrogens is 236 g/mol. The number of ether oxygens (including phenoxy) is 1. The number of hydrogen-bond acceptors (Lipinski definition) is 3. The van der Waals surface area contributed by atoms with Gasteiger partial charge in [-0.1, -0.05) is 6.07 Å². The summed E-state index contributed by atoms with van der Waals surface area (Å²) in [5, 5.41) is 3.54. The van der Waals surface area contributed by atoms with Crippen molar-refractivity contribution in [2.24, 2.45) is 0 Å². The maximum absolute atomic E-state index is 5.57. The molecule has 0 aliphatic carbocycles. The normalized spacial score (nSPS) is 23.0. The van der Waals surface area contributed by atoms with Crippen molar-refractivity contribution in [1.82, 2.24) is 5.32 Å². The summed E-state index contributed by atoms with van der Waals surface area (Å²) < 4.78 is 5.57. The summed E-state index contributed by atoms with van der Waals surface area (Å²) in [7, 11) is 1.75. The van der Waals surface area contributed by atoms with E-state index in [-0.39, 0.29) is 5.54 Å². The summed E-state index contributed by atoms with van der Waals surface area (Å²) in [4.78, 5) is 2.51. The Morgan fingerprint density at radius 2 is 2.11 bits per heavy atom. The number of rotatable bonds is 2. The first-order valence-corrected chi connectivity index (χ1v) is 7.10. The van der Waals surface area contributed by atoms with Crippen molar-refractivity contribution < 1.29 is 4.74 Å². The van der Waals surface area contributed by atoms with Crippen LogP contribution in [0.5, 0.6) is 5.75 Å². The molecule has 1 aromatic rings. The van der Waals surface area contributed by atoms with Gasteiger partial charge in [-0.05, 0) is 58.4 Å². The van der Waals surface area contributed by atoms with Crippen LogP contribution in [0.1, 0.15) is 32.8 Å². The molecular formula is C16H26N2O. The van der Waals surface area contributed by atoms with Gasteiger partial charge in [-0.2, -0.15) is 0 Å². The van der Waals surface area contributed by atoms with Gasteiger partial charge in [0.2, 0.25) is 0 Å².